The molecule has 16 heavy (non-hydrogen) atoms. The molecule has 1 atom stereocenters. The van der Waals surface area contributed by atoms with E-state index < -0.39 is 0 Å². The highest BCUT2D eigenvalue weighted by Crippen LogP contribution is 2.11. The van der Waals surface area contributed by atoms with Gasteiger partial charge in [-0.1, -0.05) is 26.2 Å². The van der Waals surface area contributed by atoms with Gasteiger partial charge in [0.1, 0.15) is 0 Å². The van der Waals surface area contributed by atoms with Crippen molar-refractivity contribution in [2.45, 2.75) is 38.8 Å². The van der Waals surface area contributed by atoms with Gasteiger partial charge in [-0.2, -0.15) is 0 Å². The van der Waals surface area contributed by atoms with Crippen molar-refractivity contribution in [3.63, 3.8) is 0 Å². The summed E-state index contributed by atoms with van der Waals surface area (Å²) >= 11 is 0. The first kappa shape index (κ1) is 15.8. The van der Waals surface area contributed by atoms with Crippen LogP contribution >= 0.6 is 0 Å². The molecule has 4 nitrogen and oxygen atoms in total. The predicted molar refractivity (Wildman–Crippen MR) is 67.4 cm³/mol. The largest absolute Gasteiger partial charge is 0.395 e. The Bertz CT molecular complexity index is 148. The smallest absolute Gasteiger partial charge is 0.0619 e. The van der Waals surface area contributed by atoms with Gasteiger partial charge in [0.25, 0.3) is 0 Å². The molecule has 0 aliphatic carbocycles. The first-order valence-corrected chi connectivity index (χ1v) is 6.29. The quantitative estimate of drug-likeness (QED) is 0.431. The highest BCUT2D eigenvalue weighted by molar-refractivity contribution is 4.69. The van der Waals surface area contributed by atoms with Gasteiger partial charge in [0, 0.05) is 13.1 Å². The Morgan fingerprint density at radius 2 is 1.56 bits per heavy atom. The van der Waals surface area contributed by atoms with Crippen LogP contribution in [0.15, 0.2) is 0 Å². The van der Waals surface area contributed by atoms with Crippen molar-refractivity contribution in [2.24, 2.45) is 0 Å². The third kappa shape index (κ3) is 6.43. The Hall–Kier alpha value is -0.160. The minimum absolute atomic E-state index is 0.151. The molecule has 0 bridgehead atoms. The van der Waals surface area contributed by atoms with Crippen molar-refractivity contribution in [1.29, 1.82) is 0 Å². The molecule has 0 aliphatic heterocycles. The maximum Gasteiger partial charge on any atom is 0.0619 e. The minimum Gasteiger partial charge on any atom is -0.395 e. The number of aliphatic hydroxyl groups is 2. The summed E-state index contributed by atoms with van der Waals surface area (Å²) in [4.78, 5) is 4.32. The van der Waals surface area contributed by atoms with Crippen LogP contribution in [0, 0.1) is 0 Å². The Morgan fingerprint density at radius 3 is 1.94 bits per heavy atom. The van der Waals surface area contributed by atoms with Gasteiger partial charge < -0.3 is 10.2 Å². The molecule has 0 aromatic rings. The van der Waals surface area contributed by atoms with Gasteiger partial charge in [0.05, 0.1) is 19.4 Å². The summed E-state index contributed by atoms with van der Waals surface area (Å²) in [5.74, 6) is 0. The van der Waals surface area contributed by atoms with E-state index in [0.29, 0.717) is 19.3 Å². The predicted octanol–water partition coefficient (Wildman–Crippen LogP) is 0.741. The lowest BCUT2D eigenvalue weighted by molar-refractivity contribution is 0.0409. The molecule has 98 valence electrons. The summed E-state index contributed by atoms with van der Waals surface area (Å²) in [6.07, 6.45) is 5.09. The standard InChI is InChI=1S/C12H28N2O2/c1-4-5-6-7-12(13(2)3)14(8-10-15)9-11-16/h12,15-16H,4-11H2,1-3H3. The summed E-state index contributed by atoms with van der Waals surface area (Å²) in [5, 5.41) is 18.0. The molecule has 0 heterocycles. The van der Waals surface area contributed by atoms with Crippen molar-refractivity contribution in [2.75, 3.05) is 40.4 Å². The van der Waals surface area contributed by atoms with E-state index in [4.69, 9.17) is 10.2 Å². The SMILES string of the molecule is CCCCCC(N(C)C)N(CCO)CCO. The number of unbranched alkanes of at least 4 members (excludes halogenated alkanes) is 2. The van der Waals surface area contributed by atoms with Crippen LogP contribution in [0.5, 0.6) is 0 Å². The van der Waals surface area contributed by atoms with Gasteiger partial charge in [0.15, 0.2) is 0 Å². The van der Waals surface area contributed by atoms with Crippen LogP contribution in [0.1, 0.15) is 32.6 Å². The van der Waals surface area contributed by atoms with Crippen LogP contribution in [0.4, 0.5) is 0 Å². The highest BCUT2D eigenvalue weighted by atomic mass is 16.3. The molecular formula is C12H28N2O2. The Kier molecular flexibility index (Phi) is 9.92. The third-order valence-corrected chi connectivity index (χ3v) is 2.86. The van der Waals surface area contributed by atoms with Gasteiger partial charge in [-0.3, -0.25) is 9.80 Å². The van der Waals surface area contributed by atoms with E-state index in [1.54, 1.807) is 0 Å². The van der Waals surface area contributed by atoms with Crippen LogP contribution in [0.2, 0.25) is 0 Å². The van der Waals surface area contributed by atoms with E-state index in [1.807, 2.05) is 0 Å². The fraction of sp³-hybridized carbons (Fsp3) is 1.00. The molecule has 0 spiro atoms. The molecule has 0 aromatic heterocycles. The van der Waals surface area contributed by atoms with Crippen molar-refractivity contribution in [3.8, 4) is 0 Å². The second kappa shape index (κ2) is 10.0. The first-order chi connectivity index (χ1) is 7.67. The monoisotopic (exact) mass is 232 g/mol. The van der Waals surface area contributed by atoms with Gasteiger partial charge in [-0.15, -0.1) is 0 Å². The lowest BCUT2D eigenvalue weighted by Crippen LogP contribution is -2.47. The van der Waals surface area contributed by atoms with Crippen LogP contribution in [0.3, 0.4) is 0 Å². The average molecular weight is 232 g/mol. The number of nitrogens with zero attached hydrogens (tertiary/aromatic N) is 2. The van der Waals surface area contributed by atoms with Crippen LogP contribution < -0.4 is 0 Å². The summed E-state index contributed by atoms with van der Waals surface area (Å²) in [6, 6.07) is 0. The minimum atomic E-state index is 0.151. The second-order valence-electron chi connectivity index (χ2n) is 4.42. The Labute approximate surface area is 99.9 Å². The molecule has 0 saturated carbocycles. The first-order valence-electron chi connectivity index (χ1n) is 6.29. The fourth-order valence-electron chi connectivity index (χ4n) is 2.01. The lowest BCUT2D eigenvalue weighted by Gasteiger charge is -2.35. The average Bonchev–Trinajstić information content (AvgIpc) is 2.24. The number of hydrogen-bond acceptors (Lipinski definition) is 4. The zero-order valence-electron chi connectivity index (χ0n) is 11.0. The molecule has 0 radical (unpaired) electrons. The fourth-order valence-corrected chi connectivity index (χ4v) is 2.01. The topological polar surface area (TPSA) is 46.9 Å². The van der Waals surface area contributed by atoms with Crippen LogP contribution in [0.25, 0.3) is 0 Å². The van der Waals surface area contributed by atoms with Gasteiger partial charge in [0.2, 0.25) is 0 Å². The summed E-state index contributed by atoms with van der Waals surface area (Å²) < 4.78 is 0. The summed E-state index contributed by atoms with van der Waals surface area (Å²) in [7, 11) is 4.11. The van der Waals surface area contributed by atoms with E-state index in [-0.39, 0.29) is 13.2 Å². The normalized spacial score (nSPS) is 13.7. The van der Waals surface area contributed by atoms with Gasteiger partial charge in [-0.25, -0.2) is 0 Å². The lowest BCUT2D eigenvalue weighted by atomic mass is 10.1. The summed E-state index contributed by atoms with van der Waals surface area (Å²) in [6.45, 7) is 3.77. The molecule has 0 aromatic carbocycles. The van der Waals surface area contributed by atoms with Crippen molar-refractivity contribution < 1.29 is 10.2 Å². The highest BCUT2D eigenvalue weighted by Gasteiger charge is 2.18. The molecule has 4 heteroatoms. The molecule has 1 unspecified atom stereocenters. The zero-order chi connectivity index (χ0) is 12.4. The van der Waals surface area contributed by atoms with E-state index in [9.17, 15) is 0 Å². The van der Waals surface area contributed by atoms with Gasteiger partial charge in [-0.05, 0) is 20.5 Å². The van der Waals surface area contributed by atoms with Crippen molar-refractivity contribution in [3.05, 3.63) is 0 Å². The number of rotatable bonds is 10. The van der Waals surface area contributed by atoms with Gasteiger partial charge >= 0.3 is 0 Å². The molecule has 0 saturated heterocycles. The third-order valence-electron chi connectivity index (χ3n) is 2.86. The van der Waals surface area contributed by atoms with E-state index >= 15 is 0 Å². The zero-order valence-corrected chi connectivity index (χ0v) is 11.0. The van der Waals surface area contributed by atoms with Crippen molar-refractivity contribution >= 4 is 0 Å². The van der Waals surface area contributed by atoms with Crippen LogP contribution in [-0.2, 0) is 0 Å². The molecule has 0 aliphatic rings. The maximum absolute atomic E-state index is 9.02. The van der Waals surface area contributed by atoms with Crippen LogP contribution in [-0.4, -0.2) is 66.6 Å². The second-order valence-corrected chi connectivity index (χ2v) is 4.42. The summed E-state index contributed by atoms with van der Waals surface area (Å²) in [5.41, 5.74) is 0. The number of aliphatic hydroxyl groups excluding tert-OH is 2. The molecular weight excluding hydrogens is 204 g/mol. The molecule has 0 amide bonds. The Morgan fingerprint density at radius 1 is 1.00 bits per heavy atom. The van der Waals surface area contributed by atoms with E-state index in [2.05, 4.69) is 30.8 Å². The molecule has 0 fully saturated rings. The van der Waals surface area contributed by atoms with E-state index in [0.717, 1.165) is 6.42 Å². The molecule has 0 rings (SSSR count). The van der Waals surface area contributed by atoms with E-state index in [1.165, 1.54) is 19.3 Å². The van der Waals surface area contributed by atoms with Crippen molar-refractivity contribution in [1.82, 2.24) is 9.80 Å². The maximum atomic E-state index is 9.02. The molecule has 2 N–H and O–H groups in total. The Balaban J connectivity index is 4.20. The number of hydrogen-bond donors (Lipinski definition) is 2.